The number of nitrogens with one attached hydrogen (secondary N) is 1. The summed E-state index contributed by atoms with van der Waals surface area (Å²) in [5, 5.41) is 23.5. The molecule has 3 heterocycles. The minimum atomic E-state index is -4.07. The zero-order valence-corrected chi connectivity index (χ0v) is 20.0. The van der Waals surface area contributed by atoms with Crippen molar-refractivity contribution in [3.63, 3.8) is 0 Å². The number of nitrogens with zero attached hydrogens (tertiary/aromatic N) is 7. The van der Waals surface area contributed by atoms with Crippen molar-refractivity contribution in [3.8, 4) is 22.5 Å². The molecule has 12 heteroatoms. The third-order valence-electron chi connectivity index (χ3n) is 5.74. The summed E-state index contributed by atoms with van der Waals surface area (Å²) in [6.45, 7) is 3.84. The number of nitrogens with two attached hydrogens (primary N) is 1. The van der Waals surface area contributed by atoms with E-state index in [0.29, 0.717) is 30.1 Å². The smallest absolute Gasteiger partial charge is 0.238 e. The van der Waals surface area contributed by atoms with E-state index in [0.717, 1.165) is 39.9 Å². The molecule has 0 atom stereocenters. The molecule has 2 aromatic carbocycles. The lowest BCUT2D eigenvalue weighted by atomic mass is 9.91. The number of aryl methyl sites for hydroxylation is 2. The summed E-state index contributed by atoms with van der Waals surface area (Å²) < 4.78 is 25.4. The molecule has 0 fully saturated rings. The Morgan fingerprint density at radius 1 is 1.00 bits per heavy atom. The van der Waals surface area contributed by atoms with Crippen molar-refractivity contribution in [2.75, 3.05) is 0 Å². The number of sulfonamides is 1. The maximum atomic E-state index is 12.0. The molecule has 3 N–H and O–H groups in total. The van der Waals surface area contributed by atoms with Crippen LogP contribution in [-0.4, -0.2) is 48.6 Å². The molecule has 0 unspecified atom stereocenters. The van der Waals surface area contributed by atoms with Crippen LogP contribution in [0.2, 0.25) is 0 Å². The minimum Gasteiger partial charge on any atom is -0.238 e. The number of rotatable bonds is 7. The van der Waals surface area contributed by atoms with Crippen molar-refractivity contribution >= 4 is 15.7 Å². The molecule has 0 radical (unpaired) electrons. The Hall–Kier alpha value is -4.03. The molecule has 0 aliphatic carbocycles. The quantitative estimate of drug-likeness (QED) is 0.353. The van der Waals surface area contributed by atoms with Crippen LogP contribution in [0.1, 0.15) is 36.0 Å². The second-order valence-electron chi connectivity index (χ2n) is 8.12. The van der Waals surface area contributed by atoms with Crippen molar-refractivity contribution in [1.29, 1.82) is 0 Å². The topological polar surface area (TPSA) is 158 Å². The second-order valence-corrected chi connectivity index (χ2v) is 9.58. The van der Waals surface area contributed by atoms with Gasteiger partial charge >= 0.3 is 0 Å². The summed E-state index contributed by atoms with van der Waals surface area (Å²) in [7, 11) is -4.07. The van der Waals surface area contributed by atoms with Crippen LogP contribution in [0.15, 0.2) is 53.7 Å². The lowest BCUT2D eigenvalue weighted by Gasteiger charge is -2.15. The van der Waals surface area contributed by atoms with Gasteiger partial charge in [-0.05, 0) is 35.2 Å². The van der Waals surface area contributed by atoms with E-state index in [-0.39, 0.29) is 0 Å². The van der Waals surface area contributed by atoms with Gasteiger partial charge in [0, 0.05) is 23.2 Å². The van der Waals surface area contributed by atoms with Gasteiger partial charge in [-0.1, -0.05) is 61.9 Å². The first-order valence-corrected chi connectivity index (χ1v) is 12.6. The Kier molecular flexibility index (Phi) is 5.83. The highest BCUT2D eigenvalue weighted by Gasteiger charge is 2.22. The van der Waals surface area contributed by atoms with E-state index in [4.69, 9.17) is 10.1 Å². The number of tetrazole rings is 1. The number of fused-ring (bicyclic) bond motifs is 1. The highest BCUT2D eigenvalue weighted by Crippen LogP contribution is 2.34. The number of primary sulfonamides is 1. The van der Waals surface area contributed by atoms with E-state index in [1.54, 1.807) is 6.92 Å². The molecule has 0 saturated carbocycles. The van der Waals surface area contributed by atoms with E-state index < -0.39 is 15.2 Å². The molecule has 0 aliphatic heterocycles. The number of aromatic amines is 1. The number of hydrogen-bond donors (Lipinski definition) is 2. The molecule has 0 spiro atoms. The Labute approximate surface area is 201 Å². The fourth-order valence-corrected chi connectivity index (χ4v) is 4.62. The fraction of sp³-hybridized carbons (Fsp3) is 0.217. The zero-order chi connectivity index (χ0) is 24.6. The van der Waals surface area contributed by atoms with Crippen molar-refractivity contribution in [3.05, 3.63) is 71.2 Å². The predicted molar refractivity (Wildman–Crippen MR) is 129 cm³/mol. The van der Waals surface area contributed by atoms with Gasteiger partial charge in [0.1, 0.15) is 5.82 Å². The molecule has 11 nitrogen and oxygen atoms in total. The summed E-state index contributed by atoms with van der Waals surface area (Å²) in [6, 6.07) is 15.8. The highest BCUT2D eigenvalue weighted by atomic mass is 32.2. The number of hydrogen-bond acceptors (Lipinski definition) is 8. The van der Waals surface area contributed by atoms with Crippen LogP contribution < -0.4 is 5.14 Å². The van der Waals surface area contributed by atoms with Crippen molar-refractivity contribution in [2.24, 2.45) is 5.14 Å². The van der Waals surface area contributed by atoms with Gasteiger partial charge in [0.15, 0.2) is 5.65 Å². The molecule has 35 heavy (non-hydrogen) atoms. The first kappa shape index (κ1) is 22.7. The Morgan fingerprint density at radius 2 is 1.71 bits per heavy atom. The average molecular weight is 490 g/mol. The molecule has 0 amide bonds. The summed E-state index contributed by atoms with van der Waals surface area (Å²) >= 11 is 0. The largest absolute Gasteiger partial charge is 0.282 e. The van der Waals surface area contributed by atoms with Gasteiger partial charge in [0.05, 0.1) is 0 Å². The maximum Gasteiger partial charge on any atom is 0.282 e. The Balaban J connectivity index is 1.70. The van der Waals surface area contributed by atoms with Gasteiger partial charge in [-0.3, -0.25) is 0 Å². The van der Waals surface area contributed by atoms with Crippen molar-refractivity contribution < 1.29 is 8.42 Å². The van der Waals surface area contributed by atoms with Gasteiger partial charge in [-0.2, -0.15) is 14.7 Å². The molecule has 3 aromatic heterocycles. The summed E-state index contributed by atoms with van der Waals surface area (Å²) in [5.74, 6) is 1.04. The van der Waals surface area contributed by atoms with Crippen LogP contribution in [0.5, 0.6) is 0 Å². The van der Waals surface area contributed by atoms with Crippen LogP contribution in [0.4, 0.5) is 0 Å². The van der Waals surface area contributed by atoms with Crippen molar-refractivity contribution in [2.45, 2.75) is 38.3 Å². The van der Waals surface area contributed by atoms with E-state index in [2.05, 4.69) is 37.6 Å². The Bertz CT molecular complexity index is 1630. The summed E-state index contributed by atoms with van der Waals surface area (Å²) in [5.41, 5.74) is 5.88. The molecule has 5 aromatic rings. The van der Waals surface area contributed by atoms with E-state index >= 15 is 0 Å². The summed E-state index contributed by atoms with van der Waals surface area (Å²) in [4.78, 5) is 9.05. The lowest BCUT2D eigenvalue weighted by Crippen LogP contribution is -2.14. The third-order valence-corrected chi connectivity index (χ3v) is 6.42. The maximum absolute atomic E-state index is 12.0. The van der Waals surface area contributed by atoms with Crippen LogP contribution in [0.25, 0.3) is 28.2 Å². The highest BCUT2D eigenvalue weighted by molar-refractivity contribution is 7.89. The van der Waals surface area contributed by atoms with E-state index in [1.165, 1.54) is 4.52 Å². The monoisotopic (exact) mass is 489 g/mol. The van der Waals surface area contributed by atoms with E-state index in [1.807, 2.05) is 48.5 Å². The minimum absolute atomic E-state index is 0.423. The van der Waals surface area contributed by atoms with Gasteiger partial charge in [-0.15, -0.1) is 15.3 Å². The van der Waals surface area contributed by atoms with Crippen LogP contribution in [-0.2, 0) is 22.9 Å². The van der Waals surface area contributed by atoms with Crippen LogP contribution in [0.3, 0.4) is 0 Å². The van der Waals surface area contributed by atoms with Crippen molar-refractivity contribution in [1.82, 2.24) is 40.2 Å². The van der Waals surface area contributed by atoms with Gasteiger partial charge in [0.25, 0.3) is 15.2 Å². The van der Waals surface area contributed by atoms with Gasteiger partial charge in [0.2, 0.25) is 5.82 Å². The first-order valence-electron chi connectivity index (χ1n) is 11.1. The first-order chi connectivity index (χ1) is 16.9. The molecule has 0 saturated heterocycles. The standard InChI is InChI=1S/C23H23N9O2S/c1-3-8-20-19(22-26-23(35(24,33)34)29-32(22)14(2)25-20)13-15-9-4-5-10-16(15)17-11-6-7-12-18(17)21-27-30-31-28-21/h4-7,9-12H,3,8,13H2,1-2H3,(H2,24,33,34)(H,27,28,30,31). The van der Waals surface area contributed by atoms with Crippen LogP contribution in [0, 0.1) is 6.92 Å². The number of aromatic nitrogens is 8. The zero-order valence-electron chi connectivity index (χ0n) is 19.2. The fourth-order valence-electron chi connectivity index (χ4n) is 4.22. The van der Waals surface area contributed by atoms with E-state index in [9.17, 15) is 8.42 Å². The number of H-pyrrole nitrogens is 1. The predicted octanol–water partition coefficient (Wildman–Crippen LogP) is 2.47. The second kappa shape index (κ2) is 8.96. The molecular formula is C23H23N9O2S. The normalized spacial score (nSPS) is 11.9. The molecular weight excluding hydrogens is 466 g/mol. The SMILES string of the molecule is CCCc1nc(C)n2nc(S(N)(=O)=O)nc2c1Cc1ccccc1-c1ccccc1-c1nn[nH]n1. The molecule has 0 bridgehead atoms. The van der Waals surface area contributed by atoms with Crippen LogP contribution >= 0.6 is 0 Å². The third kappa shape index (κ3) is 4.29. The van der Waals surface area contributed by atoms with Gasteiger partial charge < -0.3 is 0 Å². The summed E-state index contributed by atoms with van der Waals surface area (Å²) in [6.07, 6.45) is 2.05. The Morgan fingerprint density at radius 3 is 2.40 bits per heavy atom. The molecule has 5 rings (SSSR count). The lowest BCUT2D eigenvalue weighted by molar-refractivity contribution is 0.588. The van der Waals surface area contributed by atoms with Gasteiger partial charge in [-0.25, -0.2) is 18.5 Å². The molecule has 0 aliphatic rings. The number of benzene rings is 2. The average Bonchev–Trinajstić information content (AvgIpc) is 3.53. The molecule has 178 valence electrons.